The Labute approximate surface area is 175 Å². The molecular formula is C23H23FN4S. The molecule has 0 unspecified atom stereocenters. The van der Waals surface area contributed by atoms with Crippen molar-refractivity contribution in [1.82, 2.24) is 19.8 Å². The summed E-state index contributed by atoms with van der Waals surface area (Å²) >= 11 is 5.81. The largest absolute Gasteiger partial charge is 0.352 e. The molecule has 1 aromatic carbocycles. The van der Waals surface area contributed by atoms with Gasteiger partial charge in [-0.05, 0) is 73.6 Å². The Bertz CT molecular complexity index is 995. The molecule has 0 amide bonds. The second-order valence-electron chi connectivity index (χ2n) is 7.75. The number of hydrogen-bond acceptors (Lipinski definition) is 2. The van der Waals surface area contributed by atoms with E-state index in [9.17, 15) is 4.39 Å². The zero-order valence-corrected chi connectivity index (χ0v) is 16.9. The van der Waals surface area contributed by atoms with Crippen molar-refractivity contribution in [2.45, 2.75) is 43.8 Å². The summed E-state index contributed by atoms with van der Waals surface area (Å²) in [7, 11) is 0. The molecule has 4 nitrogen and oxygen atoms in total. The Morgan fingerprint density at radius 3 is 2.52 bits per heavy atom. The fourth-order valence-corrected chi connectivity index (χ4v) is 5.12. The van der Waals surface area contributed by atoms with Gasteiger partial charge in [-0.2, -0.15) is 0 Å². The summed E-state index contributed by atoms with van der Waals surface area (Å²) < 4.78 is 15.6. The summed E-state index contributed by atoms with van der Waals surface area (Å²) in [5, 5.41) is 4.34. The zero-order valence-electron chi connectivity index (χ0n) is 16.0. The maximum Gasteiger partial charge on any atom is 0.170 e. The minimum Gasteiger partial charge on any atom is -0.352 e. The van der Waals surface area contributed by atoms with Gasteiger partial charge in [0.15, 0.2) is 5.11 Å². The van der Waals surface area contributed by atoms with E-state index in [1.54, 1.807) is 0 Å². The maximum absolute atomic E-state index is 13.5. The standard InChI is InChI=1S/C23H23FN4S/c24-16-10-12-17(13-11-16)27-15-5-9-20(27)22-21(19-8-3-4-14-25-19)26-23(29)28(22)18-6-1-2-7-18/h3-5,8-15,18,21-22H,1-2,6-7H2,(H,26,29)/t21-,22-/m0/s1. The van der Waals surface area contributed by atoms with Gasteiger partial charge in [-0.25, -0.2) is 4.39 Å². The molecule has 6 heteroatoms. The van der Waals surface area contributed by atoms with E-state index in [0.717, 1.165) is 35.0 Å². The highest BCUT2D eigenvalue weighted by atomic mass is 32.1. The first-order valence-corrected chi connectivity index (χ1v) is 10.6. The second kappa shape index (κ2) is 7.59. The Kier molecular flexibility index (Phi) is 4.79. The highest BCUT2D eigenvalue weighted by Gasteiger charge is 2.44. The SMILES string of the molecule is Fc1ccc(-n2cccc2[C@H]2[C@H](c3ccccn3)NC(=S)N2C2CCCC2)cc1. The van der Waals surface area contributed by atoms with E-state index in [2.05, 4.69) is 31.9 Å². The number of halogens is 1. The maximum atomic E-state index is 13.5. The Morgan fingerprint density at radius 1 is 1.00 bits per heavy atom. The third-order valence-corrected chi connectivity index (χ3v) is 6.37. The molecule has 3 heterocycles. The van der Waals surface area contributed by atoms with E-state index in [1.807, 2.05) is 42.7 Å². The van der Waals surface area contributed by atoms with Gasteiger partial charge >= 0.3 is 0 Å². The molecule has 1 N–H and O–H groups in total. The van der Waals surface area contributed by atoms with Gasteiger partial charge in [-0.15, -0.1) is 0 Å². The first kappa shape index (κ1) is 18.3. The van der Waals surface area contributed by atoms with Crippen molar-refractivity contribution in [3.8, 4) is 5.69 Å². The average molecular weight is 407 g/mol. The summed E-state index contributed by atoms with van der Waals surface area (Å²) in [6.07, 6.45) is 8.66. The van der Waals surface area contributed by atoms with E-state index in [-0.39, 0.29) is 17.9 Å². The fourth-order valence-electron chi connectivity index (χ4n) is 4.73. The van der Waals surface area contributed by atoms with Gasteiger partial charge in [0, 0.05) is 29.8 Å². The van der Waals surface area contributed by atoms with Crippen molar-refractivity contribution in [2.75, 3.05) is 0 Å². The number of nitrogens with zero attached hydrogens (tertiary/aromatic N) is 3. The average Bonchev–Trinajstić information content (AvgIpc) is 3.48. The predicted molar refractivity (Wildman–Crippen MR) is 115 cm³/mol. The van der Waals surface area contributed by atoms with Crippen LogP contribution in [-0.4, -0.2) is 25.6 Å². The monoisotopic (exact) mass is 406 g/mol. The molecule has 1 aliphatic carbocycles. The number of nitrogens with one attached hydrogen (secondary N) is 1. The van der Waals surface area contributed by atoms with Crippen molar-refractivity contribution in [3.63, 3.8) is 0 Å². The molecule has 0 spiro atoms. The summed E-state index contributed by atoms with van der Waals surface area (Å²) in [5.74, 6) is -0.231. The topological polar surface area (TPSA) is 33.1 Å². The van der Waals surface area contributed by atoms with Crippen LogP contribution < -0.4 is 5.32 Å². The van der Waals surface area contributed by atoms with Gasteiger partial charge < -0.3 is 14.8 Å². The van der Waals surface area contributed by atoms with Crippen LogP contribution in [-0.2, 0) is 0 Å². The smallest absolute Gasteiger partial charge is 0.170 e. The van der Waals surface area contributed by atoms with Gasteiger partial charge in [0.05, 0.1) is 17.8 Å². The zero-order chi connectivity index (χ0) is 19.8. The van der Waals surface area contributed by atoms with Gasteiger partial charge in [-0.1, -0.05) is 18.9 Å². The molecule has 3 aromatic rings. The molecule has 0 bridgehead atoms. The third-order valence-electron chi connectivity index (χ3n) is 6.04. The number of pyridine rings is 1. The van der Waals surface area contributed by atoms with Crippen LogP contribution in [0.15, 0.2) is 67.0 Å². The van der Waals surface area contributed by atoms with Gasteiger partial charge in [0.2, 0.25) is 0 Å². The number of thiocarbonyl (C=S) groups is 1. The quantitative estimate of drug-likeness (QED) is 0.623. The van der Waals surface area contributed by atoms with E-state index in [4.69, 9.17) is 12.2 Å². The highest BCUT2D eigenvalue weighted by Crippen LogP contribution is 2.43. The van der Waals surface area contributed by atoms with Crippen LogP contribution in [0.3, 0.4) is 0 Å². The first-order chi connectivity index (χ1) is 14.2. The lowest BCUT2D eigenvalue weighted by Crippen LogP contribution is -2.38. The second-order valence-corrected chi connectivity index (χ2v) is 8.14. The molecule has 2 fully saturated rings. The molecule has 29 heavy (non-hydrogen) atoms. The van der Waals surface area contributed by atoms with Crippen LogP contribution in [0, 0.1) is 5.82 Å². The van der Waals surface area contributed by atoms with Gasteiger partial charge in [-0.3, -0.25) is 4.98 Å². The van der Waals surface area contributed by atoms with Gasteiger partial charge in [0.25, 0.3) is 0 Å². The lowest BCUT2D eigenvalue weighted by Gasteiger charge is -2.33. The number of aromatic nitrogens is 2. The van der Waals surface area contributed by atoms with E-state index in [0.29, 0.717) is 6.04 Å². The summed E-state index contributed by atoms with van der Waals surface area (Å²) in [4.78, 5) is 7.01. The number of benzene rings is 1. The number of rotatable bonds is 4. The van der Waals surface area contributed by atoms with Crippen LogP contribution in [0.4, 0.5) is 4.39 Å². The van der Waals surface area contributed by atoms with Crippen molar-refractivity contribution < 1.29 is 4.39 Å². The Balaban J connectivity index is 1.61. The lowest BCUT2D eigenvalue weighted by molar-refractivity contribution is 0.239. The molecule has 2 atom stereocenters. The Morgan fingerprint density at radius 2 is 1.79 bits per heavy atom. The molecular weight excluding hydrogens is 383 g/mol. The van der Waals surface area contributed by atoms with Crippen molar-refractivity contribution >= 4 is 17.3 Å². The molecule has 5 rings (SSSR count). The minimum atomic E-state index is -0.231. The Hall–Kier alpha value is -2.73. The normalized spacial score (nSPS) is 22.2. The summed E-state index contributed by atoms with van der Waals surface area (Å²) in [5.41, 5.74) is 3.05. The molecule has 2 aromatic heterocycles. The molecule has 0 radical (unpaired) electrons. The molecule has 1 saturated carbocycles. The third kappa shape index (κ3) is 3.31. The first-order valence-electron chi connectivity index (χ1n) is 10.2. The van der Waals surface area contributed by atoms with Crippen LogP contribution in [0.5, 0.6) is 0 Å². The molecule has 1 saturated heterocycles. The molecule has 2 aliphatic rings. The van der Waals surface area contributed by atoms with Crippen molar-refractivity contribution in [1.29, 1.82) is 0 Å². The van der Waals surface area contributed by atoms with Crippen molar-refractivity contribution in [2.24, 2.45) is 0 Å². The molecule has 148 valence electrons. The number of hydrogen-bond donors (Lipinski definition) is 1. The van der Waals surface area contributed by atoms with Crippen molar-refractivity contribution in [3.05, 3.63) is 84.2 Å². The lowest BCUT2D eigenvalue weighted by atomic mass is 9.99. The van der Waals surface area contributed by atoms with E-state index >= 15 is 0 Å². The summed E-state index contributed by atoms with van der Waals surface area (Å²) in [6.45, 7) is 0. The van der Waals surface area contributed by atoms with Gasteiger partial charge in [0.1, 0.15) is 5.82 Å². The summed E-state index contributed by atoms with van der Waals surface area (Å²) in [6, 6.07) is 17.3. The van der Waals surface area contributed by atoms with E-state index < -0.39 is 0 Å². The molecule has 1 aliphatic heterocycles. The highest BCUT2D eigenvalue weighted by molar-refractivity contribution is 7.80. The van der Waals surface area contributed by atoms with Crippen LogP contribution in [0.2, 0.25) is 0 Å². The fraction of sp³-hybridized carbons (Fsp3) is 0.304. The van der Waals surface area contributed by atoms with Crippen LogP contribution >= 0.6 is 12.2 Å². The van der Waals surface area contributed by atoms with Crippen LogP contribution in [0.1, 0.15) is 49.2 Å². The van der Waals surface area contributed by atoms with E-state index in [1.165, 1.54) is 25.0 Å². The predicted octanol–water partition coefficient (Wildman–Crippen LogP) is 4.93. The minimum absolute atomic E-state index is 0.0283. The van der Waals surface area contributed by atoms with Crippen LogP contribution in [0.25, 0.3) is 5.69 Å².